The Morgan fingerprint density at radius 2 is 2.06 bits per heavy atom. The molecule has 1 atom stereocenters. The Hall–Kier alpha value is -0.910. The monoisotopic (exact) mass is 268 g/mol. The van der Waals surface area contributed by atoms with Gasteiger partial charge in [-0.25, -0.2) is 13.1 Å². The van der Waals surface area contributed by atoms with Gasteiger partial charge in [-0.2, -0.15) is 0 Å². The molecule has 0 amide bonds. The van der Waals surface area contributed by atoms with Gasteiger partial charge in [0.25, 0.3) is 0 Å². The van der Waals surface area contributed by atoms with E-state index in [2.05, 4.69) is 10.0 Å². The van der Waals surface area contributed by atoms with Crippen LogP contribution < -0.4 is 10.0 Å². The number of benzene rings is 1. The molecule has 1 saturated heterocycles. The molecule has 0 bridgehead atoms. The van der Waals surface area contributed by atoms with Crippen LogP contribution in [0.25, 0.3) is 0 Å². The van der Waals surface area contributed by atoms with E-state index < -0.39 is 10.0 Å². The molecule has 100 valence electrons. The third-order valence-corrected chi connectivity index (χ3v) is 4.51. The Balaban J connectivity index is 1.83. The van der Waals surface area contributed by atoms with Gasteiger partial charge in [-0.15, -0.1) is 0 Å². The molecule has 0 saturated carbocycles. The minimum atomic E-state index is -3.21. The summed E-state index contributed by atoms with van der Waals surface area (Å²) in [6.45, 7) is 2.50. The van der Waals surface area contributed by atoms with Gasteiger partial charge in [-0.1, -0.05) is 30.3 Å². The summed E-state index contributed by atoms with van der Waals surface area (Å²) in [4.78, 5) is 0. The van der Waals surface area contributed by atoms with Crippen molar-refractivity contribution >= 4 is 10.0 Å². The van der Waals surface area contributed by atoms with Gasteiger partial charge in [0.1, 0.15) is 0 Å². The quantitative estimate of drug-likeness (QED) is 0.841. The largest absolute Gasteiger partial charge is 0.316 e. The van der Waals surface area contributed by atoms with Gasteiger partial charge in [0, 0.05) is 6.54 Å². The van der Waals surface area contributed by atoms with Gasteiger partial charge in [0.15, 0.2) is 0 Å². The summed E-state index contributed by atoms with van der Waals surface area (Å²) >= 11 is 0. The molecule has 0 unspecified atom stereocenters. The molecule has 2 rings (SSSR count). The van der Waals surface area contributed by atoms with Gasteiger partial charge < -0.3 is 5.32 Å². The van der Waals surface area contributed by atoms with Crippen molar-refractivity contribution < 1.29 is 8.42 Å². The summed E-state index contributed by atoms with van der Waals surface area (Å²) in [6, 6.07) is 9.27. The van der Waals surface area contributed by atoms with E-state index in [0.717, 1.165) is 31.5 Å². The van der Waals surface area contributed by atoms with Crippen molar-refractivity contribution in [1.82, 2.24) is 10.0 Å². The summed E-state index contributed by atoms with van der Waals surface area (Å²) in [7, 11) is -3.21. The highest BCUT2D eigenvalue weighted by Gasteiger charge is 2.17. The molecule has 18 heavy (non-hydrogen) atoms. The summed E-state index contributed by atoms with van der Waals surface area (Å²) in [6.07, 6.45) is 2.23. The Morgan fingerprint density at radius 3 is 2.72 bits per heavy atom. The summed E-state index contributed by atoms with van der Waals surface area (Å²) in [5.41, 5.74) is 0.826. The summed E-state index contributed by atoms with van der Waals surface area (Å²) in [5.74, 6) is 0.484. The maximum Gasteiger partial charge on any atom is 0.215 e. The van der Waals surface area contributed by atoms with Crippen molar-refractivity contribution in [3.8, 4) is 0 Å². The number of piperidine rings is 1. The average molecular weight is 268 g/mol. The topological polar surface area (TPSA) is 58.2 Å². The van der Waals surface area contributed by atoms with Crippen molar-refractivity contribution in [2.24, 2.45) is 5.92 Å². The van der Waals surface area contributed by atoms with E-state index in [1.165, 1.54) is 0 Å². The SMILES string of the molecule is O=S(=O)(Cc1ccccc1)NC[C@H]1CCCNC1. The zero-order valence-electron chi connectivity index (χ0n) is 10.4. The Kier molecular flexibility index (Phi) is 4.74. The van der Waals surface area contributed by atoms with Crippen molar-refractivity contribution in [1.29, 1.82) is 0 Å². The van der Waals surface area contributed by atoms with Crippen LogP contribution in [0, 0.1) is 5.92 Å². The molecule has 1 aromatic rings. The van der Waals surface area contributed by atoms with Crippen molar-refractivity contribution in [3.63, 3.8) is 0 Å². The molecule has 5 heteroatoms. The third kappa shape index (κ3) is 4.40. The number of rotatable bonds is 5. The van der Waals surface area contributed by atoms with Crippen LogP contribution >= 0.6 is 0 Å². The summed E-state index contributed by atoms with van der Waals surface area (Å²) < 4.78 is 26.5. The molecule has 1 heterocycles. The van der Waals surface area contributed by atoms with Crippen molar-refractivity contribution in [3.05, 3.63) is 35.9 Å². The maximum atomic E-state index is 11.9. The second kappa shape index (κ2) is 6.31. The molecule has 1 fully saturated rings. The van der Waals surface area contributed by atoms with Crippen LogP contribution in [-0.2, 0) is 15.8 Å². The number of hydrogen-bond acceptors (Lipinski definition) is 3. The van der Waals surface area contributed by atoms with E-state index in [1.807, 2.05) is 30.3 Å². The standard InChI is InChI=1S/C13H20N2O2S/c16-18(17,11-12-5-2-1-3-6-12)15-10-13-7-4-8-14-9-13/h1-3,5-6,13-15H,4,7-11H2/t13-/m0/s1. The van der Waals surface area contributed by atoms with E-state index in [1.54, 1.807) is 0 Å². The van der Waals surface area contributed by atoms with E-state index in [9.17, 15) is 8.42 Å². The number of sulfonamides is 1. The highest BCUT2D eigenvalue weighted by Crippen LogP contribution is 2.10. The van der Waals surface area contributed by atoms with Crippen LogP contribution in [0.15, 0.2) is 30.3 Å². The van der Waals surface area contributed by atoms with Gasteiger partial charge in [-0.05, 0) is 37.4 Å². The second-order valence-corrected chi connectivity index (χ2v) is 6.61. The number of nitrogens with one attached hydrogen (secondary N) is 2. The van der Waals surface area contributed by atoms with Crippen LogP contribution in [-0.4, -0.2) is 28.1 Å². The van der Waals surface area contributed by atoms with Gasteiger partial charge in [0.05, 0.1) is 5.75 Å². The van der Waals surface area contributed by atoms with E-state index >= 15 is 0 Å². The first kappa shape index (κ1) is 13.5. The first-order chi connectivity index (χ1) is 8.66. The Labute approximate surface area is 109 Å². The fourth-order valence-corrected chi connectivity index (χ4v) is 3.41. The van der Waals surface area contributed by atoms with E-state index in [4.69, 9.17) is 0 Å². The first-order valence-electron chi connectivity index (χ1n) is 6.38. The highest BCUT2D eigenvalue weighted by molar-refractivity contribution is 7.88. The van der Waals surface area contributed by atoms with Gasteiger partial charge in [0.2, 0.25) is 10.0 Å². The zero-order valence-corrected chi connectivity index (χ0v) is 11.2. The first-order valence-corrected chi connectivity index (χ1v) is 8.03. The van der Waals surface area contributed by atoms with Gasteiger partial charge in [-0.3, -0.25) is 0 Å². The lowest BCUT2D eigenvalue weighted by Gasteiger charge is -2.22. The van der Waals surface area contributed by atoms with Crippen LogP contribution in [0.5, 0.6) is 0 Å². The van der Waals surface area contributed by atoms with Crippen LogP contribution in [0.2, 0.25) is 0 Å². The predicted octanol–water partition coefficient (Wildman–Crippen LogP) is 1.11. The molecule has 0 spiro atoms. The Bertz CT molecular complexity index is 453. The van der Waals surface area contributed by atoms with Crippen LogP contribution in [0.4, 0.5) is 0 Å². The Morgan fingerprint density at radius 1 is 1.28 bits per heavy atom. The molecule has 1 aliphatic rings. The van der Waals surface area contributed by atoms with E-state index in [-0.39, 0.29) is 5.75 Å². The average Bonchev–Trinajstić information content (AvgIpc) is 2.38. The fourth-order valence-electron chi connectivity index (χ4n) is 2.19. The molecular weight excluding hydrogens is 248 g/mol. The fraction of sp³-hybridized carbons (Fsp3) is 0.538. The lowest BCUT2D eigenvalue weighted by molar-refractivity contribution is 0.376. The second-order valence-electron chi connectivity index (χ2n) is 4.81. The smallest absolute Gasteiger partial charge is 0.215 e. The lowest BCUT2D eigenvalue weighted by atomic mass is 10.0. The van der Waals surface area contributed by atoms with Crippen LogP contribution in [0.3, 0.4) is 0 Å². The molecule has 1 aliphatic heterocycles. The molecule has 0 aliphatic carbocycles. The molecule has 4 nitrogen and oxygen atoms in total. The minimum absolute atomic E-state index is 0.0635. The predicted molar refractivity (Wildman–Crippen MR) is 72.7 cm³/mol. The molecule has 0 radical (unpaired) electrons. The highest BCUT2D eigenvalue weighted by atomic mass is 32.2. The van der Waals surface area contributed by atoms with Gasteiger partial charge >= 0.3 is 0 Å². The maximum absolute atomic E-state index is 11.9. The van der Waals surface area contributed by atoms with E-state index in [0.29, 0.717) is 12.5 Å². The third-order valence-electron chi connectivity index (χ3n) is 3.19. The van der Waals surface area contributed by atoms with Crippen LogP contribution in [0.1, 0.15) is 18.4 Å². The van der Waals surface area contributed by atoms with Crippen molar-refractivity contribution in [2.45, 2.75) is 18.6 Å². The molecule has 1 aromatic carbocycles. The lowest BCUT2D eigenvalue weighted by Crippen LogP contribution is -2.38. The molecule has 2 N–H and O–H groups in total. The summed E-state index contributed by atoms with van der Waals surface area (Å²) in [5, 5.41) is 3.29. The number of hydrogen-bond donors (Lipinski definition) is 2. The van der Waals surface area contributed by atoms with Crippen molar-refractivity contribution in [2.75, 3.05) is 19.6 Å². The molecular formula is C13H20N2O2S. The normalized spacial score (nSPS) is 20.8. The minimum Gasteiger partial charge on any atom is -0.316 e. The zero-order chi connectivity index (χ0) is 12.8. The molecule has 0 aromatic heterocycles.